The van der Waals surface area contributed by atoms with E-state index in [0.717, 1.165) is 28.5 Å². The van der Waals surface area contributed by atoms with Crippen molar-refractivity contribution in [3.63, 3.8) is 0 Å². The second-order valence-corrected chi connectivity index (χ2v) is 9.13. The number of rotatable bonds is 6. The molecule has 1 aliphatic rings. The van der Waals surface area contributed by atoms with Gasteiger partial charge in [-0.05, 0) is 93.1 Å². The lowest BCUT2D eigenvalue weighted by Crippen LogP contribution is -2.30. The molecule has 0 unspecified atom stereocenters. The summed E-state index contributed by atoms with van der Waals surface area (Å²) >= 11 is 5.89. The molecule has 0 radical (unpaired) electrons. The van der Waals surface area contributed by atoms with E-state index >= 15 is 0 Å². The number of aryl methyl sites for hydroxylation is 1. The van der Waals surface area contributed by atoms with Crippen LogP contribution in [-0.2, 0) is 0 Å². The zero-order valence-electron chi connectivity index (χ0n) is 19.6. The van der Waals surface area contributed by atoms with Gasteiger partial charge in [0, 0.05) is 29.5 Å². The number of para-hydroxylation sites is 1. The largest absolute Gasteiger partial charge is 0.491 e. The molecule has 0 spiro atoms. The van der Waals surface area contributed by atoms with Crippen LogP contribution in [0.2, 0.25) is 0 Å². The number of ether oxygens (including phenoxy) is 1. The highest BCUT2D eigenvalue weighted by molar-refractivity contribution is 7.80. The van der Waals surface area contributed by atoms with Crippen molar-refractivity contribution in [2.45, 2.75) is 39.0 Å². The van der Waals surface area contributed by atoms with Crippen LogP contribution in [0.4, 0.5) is 5.69 Å². The normalized spacial score (nSPS) is 17.8. The molecule has 6 heteroatoms. The molecular weight excluding hydrogens is 440 g/mol. The molecule has 0 bridgehead atoms. The smallest absolute Gasteiger partial charge is 0.174 e. The Morgan fingerprint density at radius 1 is 0.941 bits per heavy atom. The van der Waals surface area contributed by atoms with Crippen molar-refractivity contribution in [1.29, 1.82) is 0 Å². The summed E-state index contributed by atoms with van der Waals surface area (Å²) in [6, 6.07) is 26.7. The van der Waals surface area contributed by atoms with Gasteiger partial charge in [0.15, 0.2) is 5.11 Å². The first-order valence-electron chi connectivity index (χ1n) is 11.5. The van der Waals surface area contributed by atoms with Crippen LogP contribution in [0.15, 0.2) is 91.3 Å². The van der Waals surface area contributed by atoms with Gasteiger partial charge in [-0.2, -0.15) is 0 Å². The lowest BCUT2D eigenvalue weighted by Gasteiger charge is -2.29. The summed E-state index contributed by atoms with van der Waals surface area (Å²) in [4.78, 5) is 6.86. The fourth-order valence-corrected chi connectivity index (χ4v) is 4.93. The average Bonchev–Trinajstić information content (AvgIpc) is 3.44. The Kier molecular flexibility index (Phi) is 6.07. The first kappa shape index (κ1) is 22.2. The average molecular weight is 469 g/mol. The summed E-state index contributed by atoms with van der Waals surface area (Å²) in [7, 11) is 0. The summed E-state index contributed by atoms with van der Waals surface area (Å²) in [6.45, 7) is 6.19. The molecule has 0 amide bonds. The van der Waals surface area contributed by atoms with E-state index in [0.29, 0.717) is 5.11 Å². The van der Waals surface area contributed by atoms with Crippen molar-refractivity contribution in [3.8, 4) is 11.4 Å². The van der Waals surface area contributed by atoms with Crippen molar-refractivity contribution in [3.05, 3.63) is 108 Å². The van der Waals surface area contributed by atoms with Crippen LogP contribution in [0.25, 0.3) is 5.69 Å². The van der Waals surface area contributed by atoms with Gasteiger partial charge < -0.3 is 19.5 Å². The Morgan fingerprint density at radius 3 is 2.41 bits per heavy atom. The van der Waals surface area contributed by atoms with Gasteiger partial charge in [-0.25, -0.2) is 0 Å². The van der Waals surface area contributed by atoms with Gasteiger partial charge in [-0.3, -0.25) is 4.98 Å². The fourth-order valence-electron chi connectivity index (χ4n) is 4.58. The lowest BCUT2D eigenvalue weighted by atomic mass is 10.0. The number of nitrogens with one attached hydrogen (secondary N) is 1. The summed E-state index contributed by atoms with van der Waals surface area (Å²) in [6.07, 6.45) is 4.07. The zero-order valence-corrected chi connectivity index (χ0v) is 20.4. The lowest BCUT2D eigenvalue weighted by molar-refractivity contribution is 0.242. The summed E-state index contributed by atoms with van der Waals surface area (Å²) in [5.74, 6) is 0.845. The van der Waals surface area contributed by atoms with Crippen LogP contribution in [0.5, 0.6) is 5.75 Å². The molecule has 5 rings (SSSR count). The summed E-state index contributed by atoms with van der Waals surface area (Å²) in [5, 5.41) is 4.22. The van der Waals surface area contributed by atoms with Crippen molar-refractivity contribution in [1.82, 2.24) is 14.9 Å². The number of hydrogen-bond acceptors (Lipinski definition) is 3. The van der Waals surface area contributed by atoms with E-state index in [2.05, 4.69) is 87.5 Å². The molecule has 34 heavy (non-hydrogen) atoms. The Bertz CT molecular complexity index is 1280. The minimum atomic E-state index is -0.0991. The second-order valence-electron chi connectivity index (χ2n) is 8.75. The third-order valence-corrected chi connectivity index (χ3v) is 6.36. The van der Waals surface area contributed by atoms with Crippen molar-refractivity contribution >= 4 is 23.0 Å². The number of nitrogens with zero attached hydrogens (tertiary/aromatic N) is 3. The molecule has 0 aliphatic carbocycles. The molecule has 0 saturated carbocycles. The second kappa shape index (κ2) is 9.31. The highest BCUT2D eigenvalue weighted by Gasteiger charge is 2.42. The molecule has 1 fully saturated rings. The van der Waals surface area contributed by atoms with Crippen molar-refractivity contribution in [2.24, 2.45) is 0 Å². The van der Waals surface area contributed by atoms with Gasteiger partial charge in [0.2, 0.25) is 0 Å². The Labute approximate surface area is 206 Å². The number of benzene rings is 2. The summed E-state index contributed by atoms with van der Waals surface area (Å²) < 4.78 is 8.12. The first-order chi connectivity index (χ1) is 16.5. The van der Waals surface area contributed by atoms with E-state index in [4.69, 9.17) is 17.0 Å². The van der Waals surface area contributed by atoms with E-state index in [1.807, 2.05) is 44.3 Å². The van der Waals surface area contributed by atoms with Crippen LogP contribution in [-0.4, -0.2) is 20.8 Å². The van der Waals surface area contributed by atoms with E-state index in [-0.39, 0.29) is 18.2 Å². The van der Waals surface area contributed by atoms with Crippen molar-refractivity contribution in [2.75, 3.05) is 4.90 Å². The minimum Gasteiger partial charge on any atom is -0.491 e. The zero-order chi connectivity index (χ0) is 23.7. The molecule has 1 saturated heterocycles. The summed E-state index contributed by atoms with van der Waals surface area (Å²) in [5.41, 5.74) is 5.47. The van der Waals surface area contributed by atoms with E-state index < -0.39 is 0 Å². The predicted molar refractivity (Wildman–Crippen MR) is 141 cm³/mol. The first-order valence-corrected chi connectivity index (χ1v) is 11.9. The van der Waals surface area contributed by atoms with Gasteiger partial charge in [0.05, 0.1) is 17.8 Å². The monoisotopic (exact) mass is 468 g/mol. The molecule has 4 aromatic rings. The van der Waals surface area contributed by atoms with Gasteiger partial charge in [-0.1, -0.05) is 24.3 Å². The highest BCUT2D eigenvalue weighted by Crippen LogP contribution is 2.42. The quantitative estimate of drug-likeness (QED) is 0.344. The molecule has 5 nitrogen and oxygen atoms in total. The minimum absolute atomic E-state index is 0.0890. The SMILES string of the molecule is Cc1ccccc1-n1cccc1[C@H]1[C@H](c2ccccn2)NC(=S)N1c1ccc(OC(C)C)cc1. The highest BCUT2D eigenvalue weighted by atomic mass is 32.1. The molecular formula is C28H28N4OS. The molecule has 172 valence electrons. The maximum atomic E-state index is 5.89. The number of anilines is 1. The predicted octanol–water partition coefficient (Wildman–Crippen LogP) is 6.15. The van der Waals surface area contributed by atoms with Crippen molar-refractivity contribution < 1.29 is 4.74 Å². The number of pyridine rings is 1. The fraction of sp³-hybridized carbons (Fsp3) is 0.214. The van der Waals surface area contributed by atoms with E-state index in [1.165, 1.54) is 5.56 Å². The molecule has 2 aromatic carbocycles. The molecule has 1 N–H and O–H groups in total. The third-order valence-electron chi connectivity index (χ3n) is 6.04. The Morgan fingerprint density at radius 2 is 1.71 bits per heavy atom. The number of thiocarbonyl (C=S) groups is 1. The Hall–Kier alpha value is -3.64. The van der Waals surface area contributed by atoms with Crippen LogP contribution in [0, 0.1) is 6.92 Å². The molecule has 1 aliphatic heterocycles. The van der Waals surface area contributed by atoms with Gasteiger partial charge in [-0.15, -0.1) is 0 Å². The maximum absolute atomic E-state index is 5.89. The number of hydrogen-bond donors (Lipinski definition) is 1. The number of aromatic nitrogens is 2. The Balaban J connectivity index is 1.62. The molecule has 2 atom stereocenters. The van der Waals surface area contributed by atoms with E-state index in [1.54, 1.807) is 0 Å². The van der Waals surface area contributed by atoms with Crippen LogP contribution >= 0.6 is 12.2 Å². The standard InChI is InChI=1S/C28H28N4OS/c1-19(2)33-22-15-13-21(14-16-22)32-27(26(30-28(32)34)23-10-6-7-17-29-23)25-12-8-18-31(25)24-11-5-4-9-20(24)3/h4-19,26-27H,1-3H3,(H,30,34)/t26-,27-/m0/s1. The molecule has 2 aromatic heterocycles. The molecule has 3 heterocycles. The topological polar surface area (TPSA) is 42.3 Å². The van der Waals surface area contributed by atoms with Gasteiger partial charge in [0.1, 0.15) is 11.8 Å². The van der Waals surface area contributed by atoms with Crippen LogP contribution in [0.3, 0.4) is 0 Å². The van der Waals surface area contributed by atoms with Crippen LogP contribution < -0.4 is 15.0 Å². The maximum Gasteiger partial charge on any atom is 0.174 e. The third kappa shape index (κ3) is 4.17. The van der Waals surface area contributed by atoms with Gasteiger partial charge >= 0.3 is 0 Å². The van der Waals surface area contributed by atoms with Crippen LogP contribution in [0.1, 0.15) is 42.9 Å². The van der Waals surface area contributed by atoms with Gasteiger partial charge in [0.25, 0.3) is 0 Å². The van der Waals surface area contributed by atoms with E-state index in [9.17, 15) is 0 Å².